The zero-order valence-electron chi connectivity index (χ0n) is 17.3. The summed E-state index contributed by atoms with van der Waals surface area (Å²) in [7, 11) is 0. The van der Waals surface area contributed by atoms with Gasteiger partial charge in [0.1, 0.15) is 17.5 Å². The van der Waals surface area contributed by atoms with E-state index in [4.69, 9.17) is 4.74 Å². The predicted octanol–water partition coefficient (Wildman–Crippen LogP) is 4.69. The van der Waals surface area contributed by atoms with Crippen molar-refractivity contribution >= 4 is 29.2 Å². The number of benzene rings is 1. The highest BCUT2D eigenvalue weighted by Gasteiger charge is 2.43. The predicted molar refractivity (Wildman–Crippen MR) is 111 cm³/mol. The SMILES string of the molecule is CC1=C(C(=O)O)C(c2cccc(F)c2C)N(C(=O)OC(C)(C)C)C(c2nccs2)=N1. The molecule has 1 aliphatic rings. The van der Waals surface area contributed by atoms with E-state index in [0.29, 0.717) is 10.6 Å². The lowest BCUT2D eigenvalue weighted by Crippen LogP contribution is -2.47. The Morgan fingerprint density at radius 3 is 2.53 bits per heavy atom. The van der Waals surface area contributed by atoms with E-state index in [9.17, 15) is 19.1 Å². The number of ether oxygens (including phenoxy) is 1. The number of hydrogen-bond acceptors (Lipinski definition) is 6. The van der Waals surface area contributed by atoms with Crippen molar-refractivity contribution in [2.75, 3.05) is 0 Å². The number of amides is 1. The Morgan fingerprint density at radius 2 is 1.97 bits per heavy atom. The van der Waals surface area contributed by atoms with Gasteiger partial charge in [0.25, 0.3) is 0 Å². The fourth-order valence-corrected chi connectivity index (χ4v) is 3.82. The quantitative estimate of drug-likeness (QED) is 0.761. The van der Waals surface area contributed by atoms with Crippen molar-refractivity contribution < 1.29 is 23.8 Å². The number of carboxylic acids is 1. The third-order valence-corrected chi connectivity index (χ3v) is 5.24. The molecule has 0 aliphatic carbocycles. The van der Waals surface area contributed by atoms with Gasteiger partial charge in [-0.25, -0.2) is 28.9 Å². The number of allylic oxidation sites excluding steroid dienone is 1. The molecule has 0 saturated carbocycles. The van der Waals surface area contributed by atoms with Crippen LogP contribution in [0.25, 0.3) is 0 Å². The maximum atomic E-state index is 14.4. The number of carbonyl (C=O) groups is 2. The second-order valence-corrected chi connectivity index (χ2v) is 8.68. The zero-order valence-corrected chi connectivity index (χ0v) is 18.1. The molecule has 1 unspecified atom stereocenters. The van der Waals surface area contributed by atoms with Gasteiger partial charge in [0.15, 0.2) is 10.8 Å². The lowest BCUT2D eigenvalue weighted by molar-refractivity contribution is -0.133. The second kappa shape index (κ2) is 7.98. The van der Waals surface area contributed by atoms with Crippen LogP contribution in [-0.2, 0) is 9.53 Å². The number of nitrogens with zero attached hydrogens (tertiary/aromatic N) is 3. The van der Waals surface area contributed by atoms with Crippen LogP contribution in [0.15, 0.2) is 46.0 Å². The maximum Gasteiger partial charge on any atom is 0.416 e. The van der Waals surface area contributed by atoms with E-state index in [0.717, 1.165) is 4.90 Å². The Hall–Kier alpha value is -3.07. The molecule has 1 amide bonds. The van der Waals surface area contributed by atoms with Crippen LogP contribution in [-0.4, -0.2) is 38.5 Å². The van der Waals surface area contributed by atoms with Crippen LogP contribution in [0.3, 0.4) is 0 Å². The molecule has 0 fully saturated rings. The summed E-state index contributed by atoms with van der Waals surface area (Å²) in [6, 6.07) is 3.23. The van der Waals surface area contributed by atoms with Gasteiger partial charge in [0, 0.05) is 11.6 Å². The maximum absolute atomic E-state index is 14.4. The van der Waals surface area contributed by atoms with Crippen LogP contribution in [0.4, 0.5) is 9.18 Å². The van der Waals surface area contributed by atoms with Crippen molar-refractivity contribution in [3.63, 3.8) is 0 Å². The average molecular weight is 431 g/mol. The molecule has 9 heteroatoms. The number of rotatable bonds is 3. The fraction of sp³-hybridized carbons (Fsp3) is 0.333. The molecule has 2 aromatic rings. The number of thiazole rings is 1. The molecule has 2 heterocycles. The van der Waals surface area contributed by atoms with Gasteiger partial charge in [-0.05, 0) is 51.8 Å². The number of amidine groups is 1. The topological polar surface area (TPSA) is 92.1 Å². The van der Waals surface area contributed by atoms with Gasteiger partial charge in [0.05, 0.1) is 11.3 Å². The molecular formula is C21H22FN3O4S. The first-order valence-corrected chi connectivity index (χ1v) is 10.1. The number of carboxylic acid groups (broad SMARTS) is 1. The molecule has 1 N–H and O–H groups in total. The summed E-state index contributed by atoms with van der Waals surface area (Å²) in [6.07, 6.45) is 0.764. The van der Waals surface area contributed by atoms with E-state index in [-0.39, 0.29) is 22.7 Å². The van der Waals surface area contributed by atoms with Crippen LogP contribution in [0.1, 0.15) is 49.9 Å². The largest absolute Gasteiger partial charge is 0.478 e. The smallest absolute Gasteiger partial charge is 0.416 e. The normalized spacial score (nSPS) is 17.1. The summed E-state index contributed by atoms with van der Waals surface area (Å²) in [5, 5.41) is 12.1. The van der Waals surface area contributed by atoms with Gasteiger partial charge in [0.2, 0.25) is 0 Å². The highest BCUT2D eigenvalue weighted by molar-refractivity contribution is 7.11. The Kier molecular flexibility index (Phi) is 5.76. The van der Waals surface area contributed by atoms with E-state index in [1.165, 1.54) is 23.5 Å². The summed E-state index contributed by atoms with van der Waals surface area (Å²) in [6.45, 7) is 8.21. The van der Waals surface area contributed by atoms with Gasteiger partial charge < -0.3 is 9.84 Å². The minimum Gasteiger partial charge on any atom is -0.478 e. The Labute approximate surface area is 177 Å². The molecule has 0 bridgehead atoms. The molecule has 158 valence electrons. The standard InChI is InChI=1S/C21H22FN3O4S/c1-11-13(7-6-8-14(11)22)16-15(19(26)27)12(2)24-17(18-23-9-10-30-18)25(16)20(28)29-21(3,4)5/h6-10,16H,1-5H3,(H,26,27). The molecule has 7 nitrogen and oxygen atoms in total. The van der Waals surface area contributed by atoms with Crippen LogP contribution in [0, 0.1) is 12.7 Å². The van der Waals surface area contributed by atoms with Crippen molar-refractivity contribution in [3.8, 4) is 0 Å². The molecule has 1 atom stereocenters. The summed E-state index contributed by atoms with van der Waals surface area (Å²) in [4.78, 5) is 35.2. The number of hydrogen-bond donors (Lipinski definition) is 1. The van der Waals surface area contributed by atoms with E-state index in [1.54, 1.807) is 52.3 Å². The molecule has 0 saturated heterocycles. The molecule has 0 radical (unpaired) electrons. The minimum atomic E-state index is -1.25. The molecule has 0 spiro atoms. The zero-order chi connectivity index (χ0) is 22.2. The van der Waals surface area contributed by atoms with Gasteiger partial charge >= 0.3 is 12.1 Å². The van der Waals surface area contributed by atoms with Crippen molar-refractivity contribution in [2.24, 2.45) is 4.99 Å². The second-order valence-electron chi connectivity index (χ2n) is 7.78. The summed E-state index contributed by atoms with van der Waals surface area (Å²) in [5.74, 6) is -1.59. The van der Waals surface area contributed by atoms with Crippen molar-refractivity contribution in [2.45, 2.75) is 46.3 Å². The third-order valence-electron chi connectivity index (χ3n) is 4.47. The molecule has 30 heavy (non-hydrogen) atoms. The third kappa shape index (κ3) is 4.11. The van der Waals surface area contributed by atoms with E-state index < -0.39 is 29.5 Å². The number of aliphatic carboxylic acids is 1. The number of halogens is 1. The van der Waals surface area contributed by atoms with Gasteiger partial charge in [-0.15, -0.1) is 11.3 Å². The molecule has 1 aromatic heterocycles. The van der Waals surface area contributed by atoms with Gasteiger partial charge in [-0.2, -0.15) is 0 Å². The van der Waals surface area contributed by atoms with E-state index in [2.05, 4.69) is 9.98 Å². The first-order valence-electron chi connectivity index (χ1n) is 9.21. The molecule has 3 rings (SSSR count). The van der Waals surface area contributed by atoms with E-state index in [1.807, 2.05) is 0 Å². The van der Waals surface area contributed by atoms with Gasteiger partial charge in [-0.1, -0.05) is 12.1 Å². The Morgan fingerprint density at radius 1 is 1.27 bits per heavy atom. The van der Waals surface area contributed by atoms with Crippen LogP contribution in [0.2, 0.25) is 0 Å². The number of aliphatic imine (C=N–C) groups is 1. The first kappa shape index (κ1) is 21.6. The first-order chi connectivity index (χ1) is 14.0. The van der Waals surface area contributed by atoms with Crippen molar-refractivity contribution in [3.05, 3.63) is 63.0 Å². The van der Waals surface area contributed by atoms with Crippen LogP contribution in [0.5, 0.6) is 0 Å². The molecule has 1 aliphatic heterocycles. The fourth-order valence-electron chi connectivity index (χ4n) is 3.20. The highest BCUT2D eigenvalue weighted by atomic mass is 32.1. The number of carbonyl (C=O) groups excluding carboxylic acids is 1. The Balaban J connectivity index is 2.30. The minimum absolute atomic E-state index is 0.130. The highest BCUT2D eigenvalue weighted by Crippen LogP contribution is 2.39. The lowest BCUT2D eigenvalue weighted by Gasteiger charge is -2.37. The monoisotopic (exact) mass is 431 g/mol. The van der Waals surface area contributed by atoms with Gasteiger partial charge in [-0.3, -0.25) is 0 Å². The average Bonchev–Trinajstić information content (AvgIpc) is 3.15. The van der Waals surface area contributed by atoms with Crippen LogP contribution < -0.4 is 0 Å². The summed E-state index contributed by atoms with van der Waals surface area (Å²) < 4.78 is 20.0. The molecule has 1 aromatic carbocycles. The van der Waals surface area contributed by atoms with E-state index >= 15 is 0 Å². The summed E-state index contributed by atoms with van der Waals surface area (Å²) in [5.41, 5.74) is -0.188. The molecular weight excluding hydrogens is 409 g/mol. The van der Waals surface area contributed by atoms with Crippen LogP contribution >= 0.6 is 11.3 Å². The lowest BCUT2D eigenvalue weighted by atomic mass is 9.91. The van der Waals surface area contributed by atoms with Crippen molar-refractivity contribution in [1.82, 2.24) is 9.88 Å². The number of aromatic nitrogens is 1. The van der Waals surface area contributed by atoms with Crippen molar-refractivity contribution in [1.29, 1.82) is 0 Å². The summed E-state index contributed by atoms with van der Waals surface area (Å²) >= 11 is 1.25. The Bertz CT molecular complexity index is 1050.